The van der Waals surface area contributed by atoms with E-state index in [1.165, 1.54) is 12.8 Å². The molecule has 1 heterocycles. The van der Waals surface area contributed by atoms with Gasteiger partial charge in [-0.1, -0.05) is 18.6 Å². The van der Waals surface area contributed by atoms with E-state index in [4.69, 9.17) is 0 Å². The van der Waals surface area contributed by atoms with Crippen molar-refractivity contribution < 1.29 is 8.42 Å². The molecule has 0 aliphatic carbocycles. The second kappa shape index (κ2) is 6.37. The molecule has 16 heavy (non-hydrogen) atoms. The molecule has 0 radical (unpaired) electrons. The lowest BCUT2D eigenvalue weighted by molar-refractivity contribution is 0.392. The van der Waals surface area contributed by atoms with Gasteiger partial charge in [-0.2, -0.15) is 0 Å². The van der Waals surface area contributed by atoms with Crippen LogP contribution in [0.25, 0.3) is 0 Å². The monoisotopic (exact) mass is 246 g/mol. The summed E-state index contributed by atoms with van der Waals surface area (Å²) >= 11 is 0. The molecular weight excluding hydrogens is 224 g/mol. The van der Waals surface area contributed by atoms with Gasteiger partial charge in [0.1, 0.15) is 0 Å². The molecule has 2 N–H and O–H groups in total. The molecule has 1 saturated heterocycles. The molecule has 1 fully saturated rings. The smallest absolute Gasteiger partial charge is 0.211 e. The fourth-order valence-electron chi connectivity index (χ4n) is 1.77. The molecular formula is C11H22N2O2S. The van der Waals surface area contributed by atoms with Crippen LogP contribution in [0.2, 0.25) is 0 Å². The van der Waals surface area contributed by atoms with Crippen molar-refractivity contribution in [1.29, 1.82) is 0 Å². The molecule has 0 saturated carbocycles. The van der Waals surface area contributed by atoms with E-state index in [1.54, 1.807) is 0 Å². The first-order valence-electron chi connectivity index (χ1n) is 5.85. The van der Waals surface area contributed by atoms with Gasteiger partial charge in [-0.25, -0.2) is 13.1 Å². The molecule has 0 amide bonds. The number of hydrogen-bond donors (Lipinski definition) is 2. The summed E-state index contributed by atoms with van der Waals surface area (Å²) in [4.78, 5) is 0. The highest BCUT2D eigenvalue weighted by molar-refractivity contribution is 7.89. The van der Waals surface area contributed by atoms with Gasteiger partial charge in [-0.05, 0) is 32.7 Å². The van der Waals surface area contributed by atoms with E-state index in [-0.39, 0.29) is 5.75 Å². The van der Waals surface area contributed by atoms with Gasteiger partial charge < -0.3 is 5.32 Å². The molecule has 94 valence electrons. The minimum atomic E-state index is -3.13. The molecule has 1 aliphatic rings. The lowest BCUT2D eigenvalue weighted by atomic mass is 10.0. The Hall–Kier alpha value is -0.390. The third-order valence-corrected chi connectivity index (χ3v) is 4.10. The van der Waals surface area contributed by atoms with Crippen molar-refractivity contribution in [2.45, 2.75) is 38.6 Å². The van der Waals surface area contributed by atoms with E-state index >= 15 is 0 Å². The van der Waals surface area contributed by atoms with Crippen LogP contribution in [0.15, 0.2) is 12.2 Å². The lowest BCUT2D eigenvalue weighted by Crippen LogP contribution is -2.37. The van der Waals surface area contributed by atoms with Crippen LogP contribution in [-0.4, -0.2) is 33.3 Å². The van der Waals surface area contributed by atoms with Crippen LogP contribution in [0.1, 0.15) is 32.6 Å². The van der Waals surface area contributed by atoms with Gasteiger partial charge in [0, 0.05) is 12.6 Å². The molecule has 1 unspecified atom stereocenters. The molecule has 0 bridgehead atoms. The Balaban J connectivity index is 2.26. The standard InChI is InChI=1S/C11H22N2O2S/c1-10(2)9-13-16(14,15)8-6-11-5-3-4-7-12-11/h11-13H,1,3-9H2,2H3. The number of sulfonamides is 1. The van der Waals surface area contributed by atoms with Crippen LogP contribution in [0.5, 0.6) is 0 Å². The maximum atomic E-state index is 11.6. The zero-order chi connectivity index (χ0) is 12.0. The second-order valence-electron chi connectivity index (χ2n) is 4.53. The third-order valence-electron chi connectivity index (χ3n) is 2.74. The maximum absolute atomic E-state index is 11.6. The first kappa shape index (κ1) is 13.7. The number of hydrogen-bond acceptors (Lipinski definition) is 3. The predicted molar refractivity (Wildman–Crippen MR) is 66.9 cm³/mol. The molecule has 0 aromatic heterocycles. The quantitative estimate of drug-likeness (QED) is 0.688. The Kier molecular flexibility index (Phi) is 5.44. The molecule has 0 spiro atoms. The van der Waals surface area contributed by atoms with E-state index in [0.717, 1.165) is 18.5 Å². The van der Waals surface area contributed by atoms with Crippen molar-refractivity contribution in [2.75, 3.05) is 18.8 Å². The van der Waals surface area contributed by atoms with Gasteiger partial charge in [-0.15, -0.1) is 0 Å². The molecule has 0 aromatic carbocycles. The molecule has 1 rings (SSSR count). The number of nitrogens with one attached hydrogen (secondary N) is 2. The average molecular weight is 246 g/mol. The highest BCUT2D eigenvalue weighted by atomic mass is 32.2. The van der Waals surface area contributed by atoms with Crippen molar-refractivity contribution in [1.82, 2.24) is 10.0 Å². The number of piperidine rings is 1. The SMILES string of the molecule is C=C(C)CNS(=O)(=O)CCC1CCCCN1. The summed E-state index contributed by atoms with van der Waals surface area (Å²) in [5.74, 6) is 0.206. The van der Waals surface area contributed by atoms with Crippen LogP contribution >= 0.6 is 0 Å². The highest BCUT2D eigenvalue weighted by Gasteiger charge is 2.16. The van der Waals surface area contributed by atoms with Crippen LogP contribution in [0, 0.1) is 0 Å². The van der Waals surface area contributed by atoms with E-state index in [1.807, 2.05) is 6.92 Å². The zero-order valence-electron chi connectivity index (χ0n) is 9.96. The predicted octanol–water partition coefficient (Wildman–Crippen LogP) is 1.01. The van der Waals surface area contributed by atoms with Crippen molar-refractivity contribution in [3.63, 3.8) is 0 Å². The third kappa shape index (κ3) is 5.63. The average Bonchev–Trinajstić information content (AvgIpc) is 2.26. The fraction of sp³-hybridized carbons (Fsp3) is 0.818. The molecule has 4 nitrogen and oxygen atoms in total. The van der Waals surface area contributed by atoms with Crippen molar-refractivity contribution in [3.8, 4) is 0 Å². The summed E-state index contributed by atoms with van der Waals surface area (Å²) in [7, 11) is -3.13. The van der Waals surface area contributed by atoms with Crippen LogP contribution < -0.4 is 10.0 Å². The van der Waals surface area contributed by atoms with Crippen molar-refractivity contribution in [3.05, 3.63) is 12.2 Å². The van der Waals surface area contributed by atoms with Crippen LogP contribution in [0.4, 0.5) is 0 Å². The topological polar surface area (TPSA) is 58.2 Å². The maximum Gasteiger partial charge on any atom is 0.211 e. The first-order valence-corrected chi connectivity index (χ1v) is 7.50. The molecule has 1 atom stereocenters. The molecule has 5 heteroatoms. The summed E-state index contributed by atoms with van der Waals surface area (Å²) in [5, 5.41) is 3.35. The highest BCUT2D eigenvalue weighted by Crippen LogP contribution is 2.10. The first-order chi connectivity index (χ1) is 7.49. The van der Waals surface area contributed by atoms with E-state index in [0.29, 0.717) is 19.0 Å². The van der Waals surface area contributed by atoms with Crippen molar-refractivity contribution >= 4 is 10.0 Å². The Labute approximate surface area is 98.6 Å². The van der Waals surface area contributed by atoms with Crippen LogP contribution in [0.3, 0.4) is 0 Å². The Morgan fingerprint density at radius 2 is 2.25 bits per heavy atom. The van der Waals surface area contributed by atoms with Gasteiger partial charge in [0.2, 0.25) is 10.0 Å². The Bertz CT molecular complexity index is 319. The van der Waals surface area contributed by atoms with Gasteiger partial charge >= 0.3 is 0 Å². The van der Waals surface area contributed by atoms with Gasteiger partial charge in [0.25, 0.3) is 0 Å². The largest absolute Gasteiger partial charge is 0.314 e. The summed E-state index contributed by atoms with van der Waals surface area (Å²) in [6.07, 6.45) is 4.20. The summed E-state index contributed by atoms with van der Waals surface area (Å²) in [6.45, 7) is 6.85. The summed E-state index contributed by atoms with van der Waals surface area (Å²) in [6, 6.07) is 0.371. The van der Waals surface area contributed by atoms with Gasteiger partial charge in [0.05, 0.1) is 5.75 Å². The lowest BCUT2D eigenvalue weighted by Gasteiger charge is -2.23. The van der Waals surface area contributed by atoms with E-state index < -0.39 is 10.0 Å². The second-order valence-corrected chi connectivity index (χ2v) is 6.46. The number of rotatable bonds is 6. The molecule has 0 aromatic rings. The normalized spacial score (nSPS) is 21.9. The van der Waals surface area contributed by atoms with E-state index in [9.17, 15) is 8.42 Å². The Morgan fingerprint density at radius 3 is 2.81 bits per heavy atom. The summed E-state index contributed by atoms with van der Waals surface area (Å²) < 4.78 is 25.7. The minimum absolute atomic E-state index is 0.206. The van der Waals surface area contributed by atoms with E-state index in [2.05, 4.69) is 16.6 Å². The molecule has 1 aliphatic heterocycles. The van der Waals surface area contributed by atoms with Gasteiger partial charge in [0.15, 0.2) is 0 Å². The minimum Gasteiger partial charge on any atom is -0.314 e. The van der Waals surface area contributed by atoms with Crippen molar-refractivity contribution in [2.24, 2.45) is 0 Å². The fourth-order valence-corrected chi connectivity index (χ4v) is 2.98. The summed E-state index contributed by atoms with van der Waals surface area (Å²) in [5.41, 5.74) is 0.833. The van der Waals surface area contributed by atoms with Gasteiger partial charge in [-0.3, -0.25) is 0 Å². The van der Waals surface area contributed by atoms with Crippen LogP contribution in [-0.2, 0) is 10.0 Å². The zero-order valence-corrected chi connectivity index (χ0v) is 10.8. The Morgan fingerprint density at radius 1 is 1.50 bits per heavy atom.